The number of ether oxygens (including phenoxy) is 1. The van der Waals surface area contributed by atoms with Gasteiger partial charge in [0.15, 0.2) is 0 Å². The van der Waals surface area contributed by atoms with Gasteiger partial charge in [-0.25, -0.2) is 0 Å². The minimum Gasteiger partial charge on any atom is -0.618 e. The van der Waals surface area contributed by atoms with E-state index in [0.29, 0.717) is 21.8 Å². The first-order valence-electron chi connectivity index (χ1n) is 9.23. The molecule has 0 fully saturated rings. The summed E-state index contributed by atoms with van der Waals surface area (Å²) in [4.78, 5) is 12.9. The molecule has 0 saturated carbocycles. The number of ketones is 1. The number of fused-ring (bicyclic) bond motifs is 1. The quantitative estimate of drug-likeness (QED) is 0.279. The van der Waals surface area contributed by atoms with Crippen LogP contribution >= 0.6 is 0 Å². The van der Waals surface area contributed by atoms with Crippen molar-refractivity contribution >= 4 is 16.8 Å². The first-order valence-corrected chi connectivity index (χ1v) is 9.23. The average Bonchev–Trinajstić information content (AvgIpc) is 2.73. The van der Waals surface area contributed by atoms with E-state index >= 15 is 0 Å². The van der Waals surface area contributed by atoms with E-state index in [9.17, 15) is 20.3 Å². The van der Waals surface area contributed by atoms with Gasteiger partial charge in [-0.2, -0.15) is 9.46 Å². The van der Waals surface area contributed by atoms with Gasteiger partial charge in [0.1, 0.15) is 12.4 Å². The first kappa shape index (κ1) is 19.6. The molecule has 0 spiro atoms. The Morgan fingerprint density at radius 1 is 1.00 bits per heavy atom. The molecule has 7 nitrogen and oxygen atoms in total. The number of benzene rings is 2. The number of nitrogens with zero attached hydrogens (tertiary/aromatic N) is 2. The third-order valence-electron chi connectivity index (χ3n) is 4.54. The van der Waals surface area contributed by atoms with Crippen molar-refractivity contribution in [2.75, 3.05) is 6.61 Å². The van der Waals surface area contributed by atoms with Crippen molar-refractivity contribution < 1.29 is 24.1 Å². The average molecular weight is 382 g/mol. The Balaban J connectivity index is 1.94. The number of aliphatic hydroxyl groups is 1. The van der Waals surface area contributed by atoms with Crippen LogP contribution < -0.4 is 14.2 Å². The summed E-state index contributed by atoms with van der Waals surface area (Å²) in [6, 6.07) is 12.5. The third-order valence-corrected chi connectivity index (χ3v) is 4.54. The normalized spacial score (nSPS) is 10.9. The van der Waals surface area contributed by atoms with Crippen LogP contribution in [0.25, 0.3) is 11.0 Å². The van der Waals surface area contributed by atoms with Crippen molar-refractivity contribution in [3.8, 4) is 5.75 Å². The maximum absolute atomic E-state index is 12.9. The Bertz CT molecular complexity index is 986. The molecule has 7 heteroatoms. The number of aromatic nitrogens is 2. The maximum Gasteiger partial charge on any atom is 0.336 e. The second-order valence-corrected chi connectivity index (χ2v) is 6.44. The van der Waals surface area contributed by atoms with E-state index < -0.39 is 12.4 Å². The van der Waals surface area contributed by atoms with Crippen LogP contribution in [0.3, 0.4) is 0 Å². The zero-order chi connectivity index (χ0) is 20.1. The summed E-state index contributed by atoms with van der Waals surface area (Å²) in [7, 11) is 0. The summed E-state index contributed by atoms with van der Waals surface area (Å²) in [5, 5.41) is 34.9. The molecule has 0 unspecified atom stereocenters. The van der Waals surface area contributed by atoms with E-state index in [-0.39, 0.29) is 28.0 Å². The van der Waals surface area contributed by atoms with E-state index in [1.165, 1.54) is 12.1 Å². The maximum atomic E-state index is 12.9. The summed E-state index contributed by atoms with van der Waals surface area (Å²) in [6.07, 6.45) is 3.14. The SMILES string of the molecule is CCCCCOc1ccc(C(=O)c2c(CO)[n+]([O-])c3ccccc3[n+]2[O-])cc1. The zero-order valence-corrected chi connectivity index (χ0v) is 15.6. The number of hydrogen-bond donors (Lipinski definition) is 1. The lowest BCUT2D eigenvalue weighted by Gasteiger charge is -2.11. The molecular weight excluding hydrogens is 360 g/mol. The largest absolute Gasteiger partial charge is 0.618 e. The topological polar surface area (TPSA) is 100 Å². The molecule has 3 aromatic rings. The lowest BCUT2D eigenvalue weighted by Crippen LogP contribution is -2.47. The molecule has 0 bridgehead atoms. The fourth-order valence-electron chi connectivity index (χ4n) is 3.03. The highest BCUT2D eigenvalue weighted by molar-refractivity contribution is 6.07. The number of carbonyl (C=O) groups excluding carboxylic acids is 1. The molecule has 0 aliphatic heterocycles. The van der Waals surface area contributed by atoms with Crippen LogP contribution in [0.5, 0.6) is 5.75 Å². The Labute approximate surface area is 162 Å². The highest BCUT2D eigenvalue weighted by Crippen LogP contribution is 2.17. The molecule has 0 amide bonds. The van der Waals surface area contributed by atoms with Crippen molar-refractivity contribution in [1.82, 2.24) is 0 Å². The highest BCUT2D eigenvalue weighted by atomic mass is 16.5. The van der Waals surface area contributed by atoms with E-state index in [1.54, 1.807) is 36.4 Å². The second kappa shape index (κ2) is 8.67. The lowest BCUT2D eigenvalue weighted by molar-refractivity contribution is -0.637. The van der Waals surface area contributed by atoms with Crippen LogP contribution in [0.1, 0.15) is 47.9 Å². The number of aliphatic hydroxyl groups excluding tert-OH is 1. The molecule has 1 aromatic heterocycles. The fraction of sp³-hybridized carbons (Fsp3) is 0.286. The van der Waals surface area contributed by atoms with Crippen LogP contribution in [0.2, 0.25) is 0 Å². The van der Waals surface area contributed by atoms with E-state index in [0.717, 1.165) is 19.3 Å². The molecule has 2 aromatic carbocycles. The zero-order valence-electron chi connectivity index (χ0n) is 15.6. The number of unbranched alkanes of at least 4 members (excludes halogenated alkanes) is 2. The van der Waals surface area contributed by atoms with Crippen LogP contribution in [-0.2, 0) is 6.61 Å². The van der Waals surface area contributed by atoms with Gasteiger partial charge in [0.05, 0.1) is 6.61 Å². The van der Waals surface area contributed by atoms with Gasteiger partial charge in [-0.05, 0) is 30.7 Å². The number of carbonyl (C=O) groups is 1. The first-order chi connectivity index (χ1) is 13.6. The van der Waals surface area contributed by atoms with Crippen molar-refractivity contribution in [3.05, 3.63) is 75.9 Å². The predicted octanol–water partition coefficient (Wildman–Crippen LogP) is 2.40. The van der Waals surface area contributed by atoms with Crippen LogP contribution in [-0.4, -0.2) is 17.5 Å². The molecule has 0 radical (unpaired) electrons. The monoisotopic (exact) mass is 382 g/mol. The van der Waals surface area contributed by atoms with Crippen molar-refractivity contribution in [2.45, 2.75) is 32.8 Å². The molecule has 28 heavy (non-hydrogen) atoms. The molecule has 0 saturated heterocycles. The van der Waals surface area contributed by atoms with E-state index in [2.05, 4.69) is 6.92 Å². The standard InChI is InChI=1S/C21H22N2O5/c1-2-3-6-13-28-16-11-9-15(10-12-16)21(25)20-19(14-24)22(26)17-7-4-5-8-18(17)23(20)27/h4-5,7-12,24H,2-3,6,13-14H2,1H3. The van der Waals surface area contributed by atoms with Gasteiger partial charge in [0.2, 0.25) is 0 Å². The van der Waals surface area contributed by atoms with Gasteiger partial charge in [0.25, 0.3) is 22.5 Å². The molecule has 0 aliphatic carbocycles. The van der Waals surface area contributed by atoms with Crippen molar-refractivity contribution in [3.63, 3.8) is 0 Å². The Morgan fingerprint density at radius 2 is 1.64 bits per heavy atom. The van der Waals surface area contributed by atoms with Crippen LogP contribution in [0.4, 0.5) is 0 Å². The van der Waals surface area contributed by atoms with Crippen molar-refractivity contribution in [2.24, 2.45) is 0 Å². The summed E-state index contributed by atoms with van der Waals surface area (Å²) < 4.78 is 6.46. The summed E-state index contributed by atoms with van der Waals surface area (Å²) >= 11 is 0. The number of rotatable bonds is 8. The number of hydrogen-bond acceptors (Lipinski definition) is 5. The van der Waals surface area contributed by atoms with E-state index in [4.69, 9.17) is 4.74 Å². The van der Waals surface area contributed by atoms with Gasteiger partial charge in [-0.1, -0.05) is 31.9 Å². The third kappa shape index (κ3) is 3.75. The van der Waals surface area contributed by atoms with E-state index in [1.807, 2.05) is 0 Å². The fourth-order valence-corrected chi connectivity index (χ4v) is 3.03. The highest BCUT2D eigenvalue weighted by Gasteiger charge is 2.33. The molecular formula is C21H22N2O5. The molecule has 3 rings (SSSR count). The Hall–Kier alpha value is -3.19. The minimum absolute atomic E-state index is 0.0638. The molecule has 0 aliphatic rings. The van der Waals surface area contributed by atoms with Crippen LogP contribution in [0.15, 0.2) is 48.5 Å². The molecule has 0 atom stereocenters. The van der Waals surface area contributed by atoms with Gasteiger partial charge < -0.3 is 20.3 Å². The minimum atomic E-state index is -0.726. The predicted molar refractivity (Wildman–Crippen MR) is 103 cm³/mol. The lowest BCUT2D eigenvalue weighted by atomic mass is 10.1. The molecule has 1 N–H and O–H groups in total. The van der Waals surface area contributed by atoms with Crippen molar-refractivity contribution in [1.29, 1.82) is 0 Å². The molecule has 146 valence electrons. The van der Waals surface area contributed by atoms with Crippen LogP contribution in [0, 0.1) is 10.4 Å². The Kier molecular flexibility index (Phi) is 6.06. The molecule has 1 heterocycles. The second-order valence-electron chi connectivity index (χ2n) is 6.44. The summed E-state index contributed by atoms with van der Waals surface area (Å²) in [5.41, 5.74) is -0.273. The smallest absolute Gasteiger partial charge is 0.336 e. The number of para-hydroxylation sites is 2. The summed E-state index contributed by atoms with van der Waals surface area (Å²) in [6.45, 7) is 1.98. The van der Waals surface area contributed by atoms with Gasteiger partial charge in [-0.15, -0.1) is 0 Å². The summed E-state index contributed by atoms with van der Waals surface area (Å²) in [5.74, 6) is -0.00521. The van der Waals surface area contributed by atoms with Gasteiger partial charge >= 0.3 is 5.69 Å². The Morgan fingerprint density at radius 3 is 2.25 bits per heavy atom. The van der Waals surface area contributed by atoms with Gasteiger partial charge in [-0.3, -0.25) is 4.79 Å². The van der Waals surface area contributed by atoms with Gasteiger partial charge in [0, 0.05) is 17.7 Å².